The van der Waals surface area contributed by atoms with Gasteiger partial charge >= 0.3 is 0 Å². The maximum Gasteiger partial charge on any atom is 0.179 e. The number of nitrogens with zero attached hydrogens (tertiary/aromatic N) is 2. The number of H-pyrrole nitrogens is 1. The van der Waals surface area contributed by atoms with Gasteiger partial charge in [0.15, 0.2) is 10.4 Å². The number of aromatic amines is 1. The molecule has 19 heavy (non-hydrogen) atoms. The Morgan fingerprint density at radius 3 is 3.00 bits per heavy atom. The molecule has 0 saturated carbocycles. The molecule has 0 aliphatic carbocycles. The first-order chi connectivity index (χ1) is 9.31. The number of methoxy groups -OCH3 is 1. The number of aromatic nitrogens is 3. The molecule has 3 aromatic rings. The molecule has 0 atom stereocenters. The van der Waals surface area contributed by atoms with E-state index in [0.717, 1.165) is 22.0 Å². The molecule has 0 bridgehead atoms. The van der Waals surface area contributed by atoms with Crippen LogP contribution < -0.4 is 4.74 Å². The molecule has 2 heterocycles. The Hall–Kier alpha value is -2.27. The van der Waals surface area contributed by atoms with Crippen LogP contribution in [0.15, 0.2) is 43.0 Å². The van der Waals surface area contributed by atoms with E-state index in [2.05, 4.69) is 15.0 Å². The highest BCUT2D eigenvalue weighted by Crippen LogP contribution is 2.32. The summed E-state index contributed by atoms with van der Waals surface area (Å²) < 4.78 is 5.81. The van der Waals surface area contributed by atoms with Crippen LogP contribution in [0.4, 0.5) is 0 Å². The molecule has 2 aromatic heterocycles. The Balaban J connectivity index is 2.37. The van der Waals surface area contributed by atoms with Crippen molar-refractivity contribution in [1.82, 2.24) is 15.0 Å². The summed E-state index contributed by atoms with van der Waals surface area (Å²) in [4.78, 5) is 11.3. The molecule has 0 amide bonds. The van der Waals surface area contributed by atoms with Gasteiger partial charge < -0.3 is 9.72 Å². The summed E-state index contributed by atoms with van der Waals surface area (Å²) in [5.41, 5.74) is 1.85. The van der Waals surface area contributed by atoms with E-state index in [0.29, 0.717) is 10.4 Å². The molecule has 0 spiro atoms. The fourth-order valence-electron chi connectivity index (χ4n) is 2.12. The van der Waals surface area contributed by atoms with Crippen molar-refractivity contribution >= 4 is 23.0 Å². The number of fused-ring (bicyclic) bond motifs is 1. The molecular weight excluding hydrogens is 258 g/mol. The van der Waals surface area contributed by atoms with E-state index in [1.54, 1.807) is 19.6 Å². The number of hydrogen-bond donors (Lipinski definition) is 1. The molecule has 5 heteroatoms. The Morgan fingerprint density at radius 1 is 1.26 bits per heavy atom. The van der Waals surface area contributed by atoms with Gasteiger partial charge in [-0.05, 0) is 11.5 Å². The highest BCUT2D eigenvalue weighted by atomic mass is 32.1. The van der Waals surface area contributed by atoms with Crippen molar-refractivity contribution in [2.45, 2.75) is 0 Å². The molecule has 94 valence electrons. The van der Waals surface area contributed by atoms with Crippen LogP contribution in [0, 0.1) is 4.64 Å². The predicted octanol–water partition coefficient (Wildman–Crippen LogP) is 3.36. The van der Waals surface area contributed by atoms with E-state index < -0.39 is 0 Å². The lowest BCUT2D eigenvalue weighted by Gasteiger charge is -2.10. The van der Waals surface area contributed by atoms with Crippen LogP contribution in [-0.2, 0) is 0 Å². The average molecular weight is 269 g/mol. The van der Waals surface area contributed by atoms with Gasteiger partial charge in [0.05, 0.1) is 19.1 Å². The summed E-state index contributed by atoms with van der Waals surface area (Å²) in [5, 5.41) is 2.16. The molecule has 0 fully saturated rings. The van der Waals surface area contributed by atoms with Gasteiger partial charge in [-0.15, -0.1) is 0 Å². The predicted molar refractivity (Wildman–Crippen MR) is 76.7 cm³/mol. The minimum Gasteiger partial charge on any atom is -0.491 e. The third-order valence-electron chi connectivity index (χ3n) is 2.97. The summed E-state index contributed by atoms with van der Waals surface area (Å²) in [5.74, 6) is 0.585. The number of benzene rings is 1. The highest BCUT2D eigenvalue weighted by molar-refractivity contribution is 7.71. The molecule has 0 saturated heterocycles. The zero-order valence-electron chi connectivity index (χ0n) is 10.3. The lowest BCUT2D eigenvalue weighted by atomic mass is 10.0. The van der Waals surface area contributed by atoms with Gasteiger partial charge in [0.2, 0.25) is 0 Å². The second kappa shape index (κ2) is 4.78. The van der Waals surface area contributed by atoms with Crippen molar-refractivity contribution in [1.29, 1.82) is 0 Å². The van der Waals surface area contributed by atoms with Gasteiger partial charge in [-0.25, -0.2) is 4.98 Å². The van der Waals surface area contributed by atoms with Gasteiger partial charge in [-0.3, -0.25) is 4.98 Å². The number of pyridine rings is 1. The normalized spacial score (nSPS) is 10.6. The second-order valence-corrected chi connectivity index (χ2v) is 4.41. The van der Waals surface area contributed by atoms with Gasteiger partial charge in [-0.1, -0.05) is 30.4 Å². The van der Waals surface area contributed by atoms with E-state index >= 15 is 0 Å². The SMILES string of the molecule is COc1c(-c2cccc3cnccc23)[nH]cnc1=S. The van der Waals surface area contributed by atoms with E-state index in [4.69, 9.17) is 17.0 Å². The first-order valence-corrected chi connectivity index (χ1v) is 6.17. The van der Waals surface area contributed by atoms with Crippen molar-refractivity contribution in [3.63, 3.8) is 0 Å². The van der Waals surface area contributed by atoms with Gasteiger partial charge in [0, 0.05) is 23.3 Å². The van der Waals surface area contributed by atoms with Gasteiger partial charge in [-0.2, -0.15) is 0 Å². The van der Waals surface area contributed by atoms with Crippen LogP contribution in [0.25, 0.3) is 22.0 Å². The quantitative estimate of drug-likeness (QED) is 0.725. The first kappa shape index (κ1) is 11.8. The van der Waals surface area contributed by atoms with Crippen molar-refractivity contribution in [2.24, 2.45) is 0 Å². The van der Waals surface area contributed by atoms with E-state index in [1.165, 1.54) is 0 Å². The largest absolute Gasteiger partial charge is 0.491 e. The molecule has 1 N–H and O–H groups in total. The topological polar surface area (TPSA) is 50.8 Å². The Labute approximate surface area is 115 Å². The maximum atomic E-state index is 5.37. The van der Waals surface area contributed by atoms with Crippen LogP contribution in [0.2, 0.25) is 0 Å². The minimum atomic E-state index is 0.447. The van der Waals surface area contributed by atoms with E-state index in [-0.39, 0.29) is 0 Å². The van der Waals surface area contributed by atoms with Crippen LogP contribution in [0.5, 0.6) is 5.75 Å². The number of rotatable bonds is 2. The minimum absolute atomic E-state index is 0.447. The molecule has 0 unspecified atom stereocenters. The summed E-state index contributed by atoms with van der Waals surface area (Å²) in [6.07, 6.45) is 5.19. The molecule has 4 nitrogen and oxygen atoms in total. The van der Waals surface area contributed by atoms with Crippen LogP contribution >= 0.6 is 12.2 Å². The fraction of sp³-hybridized carbons (Fsp3) is 0.0714. The summed E-state index contributed by atoms with van der Waals surface area (Å²) in [6.45, 7) is 0. The standard InChI is InChI=1S/C14H11N3OS/c1-18-13-12(16-8-17-14(13)19)11-4-2-3-9-7-15-6-5-10(9)11/h2-8H,1H3,(H,16,17,19). The van der Waals surface area contributed by atoms with E-state index in [9.17, 15) is 0 Å². The third-order valence-corrected chi connectivity index (χ3v) is 3.26. The van der Waals surface area contributed by atoms with E-state index in [1.807, 2.05) is 30.5 Å². The fourth-order valence-corrected chi connectivity index (χ4v) is 2.35. The summed E-state index contributed by atoms with van der Waals surface area (Å²) in [7, 11) is 1.59. The summed E-state index contributed by atoms with van der Waals surface area (Å²) in [6, 6.07) is 8.00. The van der Waals surface area contributed by atoms with Gasteiger partial charge in [0.25, 0.3) is 0 Å². The monoisotopic (exact) mass is 269 g/mol. The lowest BCUT2D eigenvalue weighted by molar-refractivity contribution is 0.411. The molecule has 1 aromatic carbocycles. The zero-order valence-corrected chi connectivity index (χ0v) is 11.1. The van der Waals surface area contributed by atoms with Crippen LogP contribution in [0.3, 0.4) is 0 Å². The van der Waals surface area contributed by atoms with Crippen molar-refractivity contribution < 1.29 is 4.74 Å². The van der Waals surface area contributed by atoms with Crippen molar-refractivity contribution in [2.75, 3.05) is 7.11 Å². The number of ether oxygens (including phenoxy) is 1. The van der Waals surface area contributed by atoms with Crippen molar-refractivity contribution in [3.05, 3.63) is 47.6 Å². The van der Waals surface area contributed by atoms with Crippen LogP contribution in [0.1, 0.15) is 0 Å². The molecular formula is C14H11N3OS. The zero-order chi connectivity index (χ0) is 13.2. The Kier molecular flexibility index (Phi) is 2.97. The molecule has 0 radical (unpaired) electrons. The van der Waals surface area contributed by atoms with Crippen LogP contribution in [-0.4, -0.2) is 22.1 Å². The van der Waals surface area contributed by atoms with Gasteiger partial charge in [0.1, 0.15) is 0 Å². The summed E-state index contributed by atoms with van der Waals surface area (Å²) >= 11 is 5.19. The third kappa shape index (κ3) is 1.98. The second-order valence-electron chi connectivity index (χ2n) is 4.02. The average Bonchev–Trinajstić information content (AvgIpc) is 2.46. The first-order valence-electron chi connectivity index (χ1n) is 5.76. The Morgan fingerprint density at radius 2 is 2.16 bits per heavy atom. The number of hydrogen-bond acceptors (Lipinski definition) is 4. The lowest BCUT2D eigenvalue weighted by Crippen LogP contribution is -1.94. The molecule has 0 aliphatic rings. The Bertz CT molecular complexity index is 793. The highest BCUT2D eigenvalue weighted by Gasteiger charge is 2.11. The molecule has 0 aliphatic heterocycles. The molecule has 3 rings (SSSR count). The smallest absolute Gasteiger partial charge is 0.179 e. The maximum absolute atomic E-state index is 5.37. The van der Waals surface area contributed by atoms with Crippen molar-refractivity contribution in [3.8, 4) is 17.0 Å². The number of nitrogens with one attached hydrogen (secondary N) is 1.